The molecule has 0 aliphatic carbocycles. The highest BCUT2D eigenvalue weighted by atomic mass is 16.7. The van der Waals surface area contributed by atoms with Gasteiger partial charge < -0.3 is 56.4 Å². The van der Waals surface area contributed by atoms with Gasteiger partial charge in [-0.25, -0.2) is 14.6 Å². The summed E-state index contributed by atoms with van der Waals surface area (Å²) in [5.74, 6) is -7.54. The first-order valence-electron chi connectivity index (χ1n) is 14.3. The van der Waals surface area contributed by atoms with Gasteiger partial charge in [0.05, 0.1) is 11.9 Å². The number of carbonyl (C=O) groups excluding carboxylic acids is 8. The second kappa shape index (κ2) is 18.8. The Morgan fingerprint density at radius 1 is 0.627 bits per heavy atom. The Bertz CT molecular complexity index is 1740. The largest absolute Gasteiger partial charge is 0.480 e. The van der Waals surface area contributed by atoms with Crippen LogP contribution in [0.5, 0.6) is 5.75 Å². The molecule has 0 saturated heterocycles. The first-order valence-corrected chi connectivity index (χ1v) is 14.3. The number of fused-ring (bicyclic) bond motifs is 1. The zero-order chi connectivity index (χ0) is 37.5. The van der Waals surface area contributed by atoms with Crippen molar-refractivity contribution in [2.24, 2.45) is 0 Å². The van der Waals surface area contributed by atoms with Crippen LogP contribution in [0.25, 0.3) is 22.6 Å². The molecule has 0 aliphatic rings. The number of hydrogen-bond acceptors (Lipinski definition) is 21. The lowest BCUT2D eigenvalue weighted by Gasteiger charge is -2.25. The molecule has 0 bridgehead atoms. The molecule has 21 nitrogen and oxygen atoms in total. The molecule has 0 N–H and O–H groups in total. The van der Waals surface area contributed by atoms with E-state index in [0.29, 0.717) is 5.39 Å². The van der Waals surface area contributed by atoms with Crippen LogP contribution >= 0.6 is 0 Å². The summed E-state index contributed by atoms with van der Waals surface area (Å²) in [6.07, 6.45) is 1.03. The maximum absolute atomic E-state index is 12.7. The van der Waals surface area contributed by atoms with E-state index in [9.17, 15) is 38.4 Å². The maximum Gasteiger partial charge on any atom is 0.378 e. The van der Waals surface area contributed by atoms with E-state index in [1.165, 1.54) is 18.2 Å². The number of nitrogens with zero attached hydrogens (tertiary/aromatic N) is 2. The van der Waals surface area contributed by atoms with Gasteiger partial charge in [0.1, 0.15) is 24.4 Å². The van der Waals surface area contributed by atoms with Crippen LogP contribution < -0.4 is 9.64 Å². The molecule has 2 heterocycles. The number of anilines is 1. The molecule has 2 aromatic heterocycles. The van der Waals surface area contributed by atoms with Crippen molar-refractivity contribution in [2.75, 3.05) is 51.8 Å². The predicted octanol–water partition coefficient (Wildman–Crippen LogP) is 1.14. The number of oxazole rings is 1. The number of hydrogen-bond donors (Lipinski definition) is 0. The summed E-state index contributed by atoms with van der Waals surface area (Å²) in [5.41, 5.74) is 0.0146. The minimum atomic E-state index is -0.999. The van der Waals surface area contributed by atoms with Crippen LogP contribution in [-0.2, 0) is 71.5 Å². The molecule has 0 fully saturated rings. The highest BCUT2D eigenvalue weighted by molar-refractivity contribution is 5.91. The highest BCUT2D eigenvalue weighted by Gasteiger charge is 2.25. The molecule has 0 unspecified atom stereocenters. The van der Waals surface area contributed by atoms with Gasteiger partial charge in [-0.2, -0.15) is 0 Å². The molecule has 3 rings (SSSR count). The Morgan fingerprint density at radius 3 is 1.67 bits per heavy atom. The lowest BCUT2D eigenvalue weighted by atomic mass is 10.2. The van der Waals surface area contributed by atoms with E-state index in [-0.39, 0.29) is 34.4 Å². The van der Waals surface area contributed by atoms with Crippen LogP contribution in [0.4, 0.5) is 5.69 Å². The quantitative estimate of drug-likeness (QED) is 0.101. The number of esters is 8. The van der Waals surface area contributed by atoms with Crippen LogP contribution in [0.15, 0.2) is 33.2 Å². The van der Waals surface area contributed by atoms with Crippen molar-refractivity contribution >= 4 is 64.4 Å². The zero-order valence-corrected chi connectivity index (χ0v) is 27.4. The minimum absolute atomic E-state index is 0.0268. The summed E-state index contributed by atoms with van der Waals surface area (Å²) in [4.78, 5) is 99.1. The molecule has 0 spiro atoms. The lowest BCUT2D eigenvalue weighted by Crippen LogP contribution is -2.37. The number of benzene rings is 1. The fourth-order valence-electron chi connectivity index (χ4n) is 3.58. The second-order valence-electron chi connectivity index (χ2n) is 9.64. The molecule has 0 saturated carbocycles. The van der Waals surface area contributed by atoms with Gasteiger partial charge in [-0.15, -0.1) is 0 Å². The van der Waals surface area contributed by atoms with E-state index < -0.39 is 94.6 Å². The summed E-state index contributed by atoms with van der Waals surface area (Å²) < 4.78 is 54.6. The van der Waals surface area contributed by atoms with Gasteiger partial charge in [0.15, 0.2) is 12.4 Å². The topological polar surface area (TPSA) is 262 Å². The van der Waals surface area contributed by atoms with Crippen molar-refractivity contribution < 1.29 is 89.8 Å². The van der Waals surface area contributed by atoms with Gasteiger partial charge >= 0.3 is 47.8 Å². The third kappa shape index (κ3) is 13.0. The van der Waals surface area contributed by atoms with Crippen molar-refractivity contribution in [3.63, 3.8) is 0 Å². The third-order valence-electron chi connectivity index (χ3n) is 5.74. The molecule has 21 heteroatoms. The third-order valence-corrected chi connectivity index (χ3v) is 5.74. The van der Waals surface area contributed by atoms with Crippen molar-refractivity contribution in [1.29, 1.82) is 0 Å². The van der Waals surface area contributed by atoms with Gasteiger partial charge in [-0.05, 0) is 12.1 Å². The minimum Gasteiger partial charge on any atom is -0.480 e. The van der Waals surface area contributed by atoms with E-state index in [0.717, 1.165) is 38.8 Å². The molecule has 3 aromatic rings. The molecule has 0 aliphatic heterocycles. The maximum atomic E-state index is 12.7. The van der Waals surface area contributed by atoms with Crippen LogP contribution in [-0.4, -0.2) is 99.6 Å². The van der Waals surface area contributed by atoms with E-state index in [4.69, 9.17) is 32.5 Å². The van der Waals surface area contributed by atoms with Gasteiger partial charge in [0.25, 0.3) is 5.89 Å². The summed E-state index contributed by atoms with van der Waals surface area (Å²) >= 11 is 0. The van der Waals surface area contributed by atoms with Gasteiger partial charge in [0.2, 0.25) is 32.9 Å². The SMILES string of the molecule is CC(=O)OCOC(=O)COc1cc2cc(-c3ncc(C(=O)OCOC(C)=O)o3)oc2cc1N(CC(=O)OCOC(C)=O)CC(=O)OCOC(C)=O. The average Bonchev–Trinajstić information content (AvgIpc) is 3.70. The normalized spacial score (nSPS) is 10.4. The number of rotatable bonds is 18. The average molecular weight is 723 g/mol. The molecule has 0 amide bonds. The van der Waals surface area contributed by atoms with Crippen molar-refractivity contribution in [2.45, 2.75) is 27.7 Å². The monoisotopic (exact) mass is 722 g/mol. The van der Waals surface area contributed by atoms with Gasteiger partial charge in [-0.1, -0.05) is 0 Å². The lowest BCUT2D eigenvalue weighted by molar-refractivity contribution is -0.168. The first kappa shape index (κ1) is 38.8. The Kier molecular flexibility index (Phi) is 14.3. The Morgan fingerprint density at radius 2 is 1.14 bits per heavy atom. The van der Waals surface area contributed by atoms with E-state index in [2.05, 4.69) is 23.9 Å². The van der Waals surface area contributed by atoms with Gasteiger partial charge in [0, 0.05) is 39.1 Å². The van der Waals surface area contributed by atoms with E-state index in [1.54, 1.807) is 0 Å². The summed E-state index contributed by atoms with van der Waals surface area (Å²) in [5, 5.41) is 0.295. The first-order chi connectivity index (χ1) is 24.2. The molecule has 0 atom stereocenters. The Hall–Kier alpha value is -6.67. The highest BCUT2D eigenvalue weighted by Crippen LogP contribution is 2.37. The number of ether oxygens (including phenoxy) is 9. The fourth-order valence-corrected chi connectivity index (χ4v) is 3.58. The van der Waals surface area contributed by atoms with Crippen LogP contribution in [0.2, 0.25) is 0 Å². The van der Waals surface area contributed by atoms with Crippen LogP contribution in [0.3, 0.4) is 0 Å². The standard InChI is InChI=1S/C30H30N2O19/c1-16(33)42-12-46-26(37)9-32(10-27(38)47-13-43-17(2)34)21-7-22-20(5-23(21)41-11-28(39)48-14-44-18(3)35)6-24(50-22)29-31-8-25(51-29)30(40)49-15-45-19(4)36/h5-8H,9-15H2,1-4H3. The molecular formula is C30H30N2O19. The van der Waals surface area contributed by atoms with Crippen molar-refractivity contribution in [1.82, 2.24) is 4.98 Å². The van der Waals surface area contributed by atoms with Crippen molar-refractivity contribution in [3.05, 3.63) is 30.2 Å². The van der Waals surface area contributed by atoms with E-state index in [1.807, 2.05) is 0 Å². The summed E-state index contributed by atoms with van der Waals surface area (Å²) in [6.45, 7) is -0.610. The second-order valence-corrected chi connectivity index (χ2v) is 9.64. The molecule has 1 aromatic carbocycles. The van der Waals surface area contributed by atoms with Crippen LogP contribution in [0.1, 0.15) is 38.2 Å². The van der Waals surface area contributed by atoms with Crippen molar-refractivity contribution in [3.8, 4) is 17.4 Å². The van der Waals surface area contributed by atoms with E-state index >= 15 is 0 Å². The number of carbonyl (C=O) groups is 8. The van der Waals surface area contributed by atoms with Gasteiger partial charge in [-0.3, -0.25) is 28.8 Å². The number of aromatic nitrogens is 1. The smallest absolute Gasteiger partial charge is 0.378 e. The fraction of sp³-hybridized carbons (Fsp3) is 0.367. The molecule has 51 heavy (non-hydrogen) atoms. The number of furan rings is 1. The Balaban J connectivity index is 1.97. The summed E-state index contributed by atoms with van der Waals surface area (Å²) in [6, 6.07) is 4.06. The summed E-state index contributed by atoms with van der Waals surface area (Å²) in [7, 11) is 0. The molecule has 0 radical (unpaired) electrons. The molecule has 274 valence electrons. The van der Waals surface area contributed by atoms with Crippen LogP contribution in [0, 0.1) is 0 Å². The zero-order valence-electron chi connectivity index (χ0n) is 27.4. The predicted molar refractivity (Wildman–Crippen MR) is 160 cm³/mol. The Labute approximate surface area is 286 Å². The molecular weight excluding hydrogens is 692 g/mol.